The van der Waals surface area contributed by atoms with Crippen LogP contribution >= 0.6 is 11.6 Å². The fourth-order valence-corrected chi connectivity index (χ4v) is 5.03. The lowest BCUT2D eigenvalue weighted by Gasteiger charge is -2.45. The third-order valence-corrected chi connectivity index (χ3v) is 6.53. The Morgan fingerprint density at radius 2 is 1.82 bits per heavy atom. The van der Waals surface area contributed by atoms with Crippen LogP contribution in [0, 0.1) is 5.92 Å². The van der Waals surface area contributed by atoms with Crippen molar-refractivity contribution < 1.29 is 9.59 Å². The van der Waals surface area contributed by atoms with E-state index in [9.17, 15) is 9.59 Å². The highest BCUT2D eigenvalue weighted by Gasteiger charge is 2.40. The molecule has 1 saturated carbocycles. The highest BCUT2D eigenvalue weighted by atomic mass is 35.5. The Balaban J connectivity index is 1.90. The average molecular weight is 405 g/mol. The Kier molecular flexibility index (Phi) is 7.53. The maximum atomic E-state index is 13.2. The molecule has 5 heteroatoms. The molecule has 1 aromatic carbocycles. The normalized spacial score (nSPS) is 22.4. The van der Waals surface area contributed by atoms with Gasteiger partial charge in [0, 0.05) is 36.0 Å². The summed E-state index contributed by atoms with van der Waals surface area (Å²) in [5.41, 5.74) is 1.10. The molecule has 1 unspecified atom stereocenters. The van der Waals surface area contributed by atoms with E-state index in [-0.39, 0.29) is 24.0 Å². The van der Waals surface area contributed by atoms with Crippen LogP contribution in [0.15, 0.2) is 24.3 Å². The lowest BCUT2D eigenvalue weighted by atomic mass is 9.92. The van der Waals surface area contributed by atoms with Crippen molar-refractivity contribution in [3.63, 3.8) is 0 Å². The number of carbonyl (C=O) groups excluding carboxylic acids is 2. The van der Waals surface area contributed by atoms with Gasteiger partial charge in [-0.3, -0.25) is 9.69 Å². The minimum atomic E-state index is -0.00979. The number of hydrogen-bond donors (Lipinski definition) is 0. The topological polar surface area (TPSA) is 40.6 Å². The zero-order chi connectivity index (χ0) is 20.1. The fraction of sp³-hybridized carbons (Fsp3) is 0.652. The van der Waals surface area contributed by atoms with Crippen molar-refractivity contribution in [3.05, 3.63) is 34.9 Å². The maximum absolute atomic E-state index is 13.2. The number of hydrogen-bond acceptors (Lipinski definition) is 3. The number of likely N-dealkylation sites (tertiary alicyclic amines) is 1. The van der Waals surface area contributed by atoms with Gasteiger partial charge >= 0.3 is 0 Å². The third-order valence-electron chi connectivity index (χ3n) is 6.27. The Labute approximate surface area is 174 Å². The summed E-state index contributed by atoms with van der Waals surface area (Å²) >= 11 is 6.07. The minimum absolute atomic E-state index is 0.00619. The zero-order valence-corrected chi connectivity index (χ0v) is 17.9. The highest BCUT2D eigenvalue weighted by Crippen LogP contribution is 2.37. The Bertz CT molecular complexity index is 655. The molecule has 1 amide bonds. The van der Waals surface area contributed by atoms with Crippen molar-refractivity contribution >= 4 is 23.8 Å². The predicted octanol–water partition coefficient (Wildman–Crippen LogP) is 5.21. The molecule has 4 nitrogen and oxygen atoms in total. The first-order valence-corrected chi connectivity index (χ1v) is 11.2. The van der Waals surface area contributed by atoms with Gasteiger partial charge in [0.2, 0.25) is 5.91 Å². The van der Waals surface area contributed by atoms with Crippen LogP contribution in [0.5, 0.6) is 0 Å². The SMILES string of the molecule is CC(C)C(=O)N(C1CCCCC1)C1CCCN1[C@@H](CC=O)c1ccc(Cl)cc1. The number of nitrogens with zero attached hydrogens (tertiary/aromatic N) is 2. The Morgan fingerprint density at radius 3 is 2.43 bits per heavy atom. The smallest absolute Gasteiger partial charge is 0.226 e. The molecule has 0 N–H and O–H groups in total. The number of carbonyl (C=O) groups is 2. The molecule has 3 rings (SSSR count). The standard InChI is InChI=1S/C23H33ClN2O2/c1-17(2)23(28)26(20-7-4-3-5-8-20)22-9-6-15-25(22)21(14-16-27)18-10-12-19(24)13-11-18/h10-13,16-17,20-22H,3-9,14-15H2,1-2H3/t21-,22?/m0/s1. The molecule has 1 heterocycles. The van der Waals surface area contributed by atoms with Crippen molar-refractivity contribution in [2.75, 3.05) is 6.54 Å². The van der Waals surface area contributed by atoms with Crippen LogP contribution in [0.3, 0.4) is 0 Å². The monoisotopic (exact) mass is 404 g/mol. The van der Waals surface area contributed by atoms with Gasteiger partial charge in [0.15, 0.2) is 0 Å². The van der Waals surface area contributed by atoms with Gasteiger partial charge in [-0.1, -0.05) is 56.8 Å². The van der Waals surface area contributed by atoms with Crippen LogP contribution in [-0.4, -0.2) is 40.7 Å². The summed E-state index contributed by atoms with van der Waals surface area (Å²) in [5, 5.41) is 0.699. The molecular weight excluding hydrogens is 372 g/mol. The number of rotatable bonds is 7. The van der Waals surface area contributed by atoms with Crippen molar-refractivity contribution in [1.29, 1.82) is 0 Å². The second-order valence-electron chi connectivity index (χ2n) is 8.52. The van der Waals surface area contributed by atoms with E-state index >= 15 is 0 Å². The molecule has 28 heavy (non-hydrogen) atoms. The number of amides is 1. The van der Waals surface area contributed by atoms with Crippen LogP contribution in [-0.2, 0) is 9.59 Å². The van der Waals surface area contributed by atoms with Crippen LogP contribution in [0.25, 0.3) is 0 Å². The lowest BCUT2D eigenvalue weighted by Crippen LogP contribution is -2.55. The molecule has 2 aliphatic rings. The number of halogens is 1. The first kappa shape index (κ1) is 21.3. The lowest BCUT2D eigenvalue weighted by molar-refractivity contribution is -0.145. The quantitative estimate of drug-likeness (QED) is 0.585. The number of aldehydes is 1. The Hall–Kier alpha value is -1.39. The van der Waals surface area contributed by atoms with E-state index in [0.717, 1.165) is 44.1 Å². The van der Waals surface area contributed by atoms with Gasteiger partial charge in [-0.2, -0.15) is 0 Å². The fourth-order valence-electron chi connectivity index (χ4n) is 4.90. The highest BCUT2D eigenvalue weighted by molar-refractivity contribution is 6.30. The summed E-state index contributed by atoms with van der Waals surface area (Å²) in [6.07, 6.45) is 9.44. The second kappa shape index (κ2) is 9.89. The largest absolute Gasteiger partial charge is 0.324 e. The van der Waals surface area contributed by atoms with Gasteiger partial charge in [-0.05, 0) is 43.4 Å². The maximum Gasteiger partial charge on any atom is 0.226 e. The predicted molar refractivity (Wildman–Crippen MR) is 113 cm³/mol. The van der Waals surface area contributed by atoms with Crippen molar-refractivity contribution in [2.24, 2.45) is 5.92 Å². The van der Waals surface area contributed by atoms with Crippen LogP contribution < -0.4 is 0 Å². The Morgan fingerprint density at radius 1 is 1.14 bits per heavy atom. The van der Waals surface area contributed by atoms with Crippen molar-refractivity contribution in [1.82, 2.24) is 9.80 Å². The molecule has 1 aliphatic carbocycles. The van der Waals surface area contributed by atoms with Gasteiger partial charge in [0.25, 0.3) is 0 Å². The van der Waals surface area contributed by atoms with E-state index in [1.165, 1.54) is 19.3 Å². The summed E-state index contributed by atoms with van der Waals surface area (Å²) in [4.78, 5) is 29.3. The first-order valence-electron chi connectivity index (χ1n) is 10.8. The van der Waals surface area contributed by atoms with Gasteiger partial charge < -0.3 is 9.69 Å². The average Bonchev–Trinajstić information content (AvgIpc) is 3.17. The second-order valence-corrected chi connectivity index (χ2v) is 8.96. The van der Waals surface area contributed by atoms with Gasteiger partial charge in [-0.25, -0.2) is 0 Å². The summed E-state index contributed by atoms with van der Waals surface area (Å²) in [7, 11) is 0. The van der Waals surface area contributed by atoms with E-state index in [1.54, 1.807) is 0 Å². The van der Waals surface area contributed by atoms with Crippen LogP contribution in [0.2, 0.25) is 5.02 Å². The van der Waals surface area contributed by atoms with E-state index in [4.69, 9.17) is 11.6 Å². The van der Waals surface area contributed by atoms with E-state index in [0.29, 0.717) is 17.5 Å². The molecule has 2 atom stereocenters. The molecule has 154 valence electrons. The van der Waals surface area contributed by atoms with Gasteiger partial charge in [0.1, 0.15) is 6.29 Å². The molecule has 1 aliphatic heterocycles. The van der Waals surface area contributed by atoms with Crippen molar-refractivity contribution in [3.8, 4) is 0 Å². The van der Waals surface area contributed by atoms with E-state index in [1.807, 2.05) is 38.1 Å². The summed E-state index contributed by atoms with van der Waals surface area (Å²) in [5.74, 6) is 0.245. The first-order chi connectivity index (χ1) is 13.5. The summed E-state index contributed by atoms with van der Waals surface area (Å²) in [6, 6.07) is 8.13. The zero-order valence-electron chi connectivity index (χ0n) is 17.1. The summed E-state index contributed by atoms with van der Waals surface area (Å²) in [6.45, 7) is 4.92. The third kappa shape index (κ3) is 4.77. The molecule has 0 radical (unpaired) electrons. The molecular formula is C23H33ClN2O2. The molecule has 0 bridgehead atoms. The van der Waals surface area contributed by atoms with Crippen LogP contribution in [0.1, 0.15) is 76.8 Å². The molecule has 0 aromatic heterocycles. The molecule has 2 fully saturated rings. The van der Waals surface area contributed by atoms with Gasteiger partial charge in [-0.15, -0.1) is 0 Å². The van der Waals surface area contributed by atoms with E-state index in [2.05, 4.69) is 9.80 Å². The van der Waals surface area contributed by atoms with Crippen molar-refractivity contribution in [2.45, 2.75) is 83.5 Å². The molecule has 1 saturated heterocycles. The minimum Gasteiger partial charge on any atom is -0.324 e. The number of benzene rings is 1. The van der Waals surface area contributed by atoms with E-state index < -0.39 is 0 Å². The molecule has 0 spiro atoms. The van der Waals surface area contributed by atoms with Gasteiger partial charge in [0.05, 0.1) is 6.17 Å². The van der Waals surface area contributed by atoms with Crippen LogP contribution in [0.4, 0.5) is 0 Å². The molecule has 1 aromatic rings. The summed E-state index contributed by atoms with van der Waals surface area (Å²) < 4.78 is 0.